The summed E-state index contributed by atoms with van der Waals surface area (Å²) in [5.74, 6) is 1.18. The first kappa shape index (κ1) is 23.8. The molecule has 1 aliphatic carbocycles. The Morgan fingerprint density at radius 1 is 1.36 bits per heavy atom. The Balaban J connectivity index is 0.00000190. The number of carbonyl (C=O) groups is 1. The number of nitrogens with zero attached hydrogens (tertiary/aromatic N) is 2. The molecule has 4 heteroatoms. The van der Waals surface area contributed by atoms with Crippen molar-refractivity contribution in [3.05, 3.63) is 60.3 Å². The number of hydrogen-bond acceptors (Lipinski definition) is 3. The minimum atomic E-state index is -0.335. The van der Waals surface area contributed by atoms with Crippen molar-refractivity contribution in [1.29, 1.82) is 0 Å². The normalized spacial score (nSPS) is 14.2. The minimum Gasteiger partial charge on any atom is -0.310 e. The highest BCUT2D eigenvalue weighted by atomic mass is 16.2. The molecule has 0 unspecified atom stereocenters. The molecule has 1 fully saturated rings. The second-order valence-corrected chi connectivity index (χ2v) is 7.80. The maximum absolute atomic E-state index is 12.6. The van der Waals surface area contributed by atoms with E-state index in [0.29, 0.717) is 11.7 Å². The van der Waals surface area contributed by atoms with E-state index in [9.17, 15) is 4.79 Å². The zero-order valence-corrected chi connectivity index (χ0v) is 18.5. The van der Waals surface area contributed by atoms with Crippen LogP contribution in [-0.4, -0.2) is 29.4 Å². The number of amides is 1. The predicted molar refractivity (Wildman–Crippen MR) is 120 cm³/mol. The van der Waals surface area contributed by atoms with E-state index in [1.54, 1.807) is 6.08 Å². The molecule has 0 radical (unpaired) electrons. The smallest absolute Gasteiger partial charge is 0.231 e. The van der Waals surface area contributed by atoms with E-state index >= 15 is 0 Å². The van der Waals surface area contributed by atoms with Crippen molar-refractivity contribution in [2.45, 2.75) is 54.0 Å². The molecule has 0 spiro atoms. The van der Waals surface area contributed by atoms with Crippen LogP contribution in [0.2, 0.25) is 0 Å². The van der Waals surface area contributed by atoms with Gasteiger partial charge in [-0.3, -0.25) is 9.69 Å². The molecule has 2 rings (SSSR count). The summed E-state index contributed by atoms with van der Waals surface area (Å²) in [4.78, 5) is 19.2. The van der Waals surface area contributed by atoms with Gasteiger partial charge in [-0.25, -0.2) is 4.98 Å². The Kier molecular flexibility index (Phi) is 9.33. The number of rotatable bonds is 9. The first-order valence-electron chi connectivity index (χ1n) is 10.2. The van der Waals surface area contributed by atoms with Gasteiger partial charge in [-0.1, -0.05) is 59.1 Å². The lowest BCUT2D eigenvalue weighted by Crippen LogP contribution is -2.33. The molecule has 0 atom stereocenters. The quantitative estimate of drug-likeness (QED) is 0.571. The van der Waals surface area contributed by atoms with Gasteiger partial charge in [-0.05, 0) is 55.5 Å². The van der Waals surface area contributed by atoms with Crippen molar-refractivity contribution in [1.82, 2.24) is 9.88 Å². The van der Waals surface area contributed by atoms with Gasteiger partial charge in [0, 0.05) is 24.7 Å². The van der Waals surface area contributed by atoms with Gasteiger partial charge in [0.25, 0.3) is 0 Å². The van der Waals surface area contributed by atoms with Crippen molar-refractivity contribution in [3.63, 3.8) is 0 Å². The third kappa shape index (κ3) is 6.75. The summed E-state index contributed by atoms with van der Waals surface area (Å²) >= 11 is 0. The minimum absolute atomic E-state index is 0.0542. The van der Waals surface area contributed by atoms with Gasteiger partial charge >= 0.3 is 0 Å². The van der Waals surface area contributed by atoms with Crippen molar-refractivity contribution in [2.75, 3.05) is 18.9 Å². The fourth-order valence-electron chi connectivity index (χ4n) is 3.07. The Bertz CT molecular complexity index is 715. The SMILES string of the molecule is C=C/C=C(\C=C)CN(C)Cc1cc(NC(=O)C(C)(C)C2CC2)ncc1C.CC. The van der Waals surface area contributed by atoms with Crippen LogP contribution in [0, 0.1) is 18.3 Å². The van der Waals surface area contributed by atoms with Crippen LogP contribution in [0.4, 0.5) is 5.82 Å². The van der Waals surface area contributed by atoms with E-state index in [-0.39, 0.29) is 11.3 Å². The molecule has 0 saturated heterocycles. The molecule has 1 aliphatic rings. The number of hydrogen-bond donors (Lipinski definition) is 1. The summed E-state index contributed by atoms with van der Waals surface area (Å²) in [6.07, 6.45) is 9.70. The van der Waals surface area contributed by atoms with Gasteiger partial charge in [-0.2, -0.15) is 0 Å². The second kappa shape index (κ2) is 11.0. The molecule has 0 bridgehead atoms. The van der Waals surface area contributed by atoms with Gasteiger partial charge in [-0.15, -0.1) is 0 Å². The topological polar surface area (TPSA) is 45.2 Å². The average Bonchev–Trinajstić information content (AvgIpc) is 3.51. The zero-order valence-electron chi connectivity index (χ0n) is 18.5. The van der Waals surface area contributed by atoms with Crippen LogP contribution in [0.1, 0.15) is 51.7 Å². The molecule has 28 heavy (non-hydrogen) atoms. The summed E-state index contributed by atoms with van der Waals surface area (Å²) in [5, 5.41) is 3.01. The highest BCUT2D eigenvalue weighted by Crippen LogP contribution is 2.45. The van der Waals surface area contributed by atoms with E-state index in [2.05, 4.69) is 35.4 Å². The van der Waals surface area contributed by atoms with E-state index in [1.807, 2.05) is 59.0 Å². The lowest BCUT2D eigenvalue weighted by atomic mass is 9.86. The van der Waals surface area contributed by atoms with Crippen LogP contribution >= 0.6 is 0 Å². The number of aryl methyl sites for hydroxylation is 1. The number of anilines is 1. The largest absolute Gasteiger partial charge is 0.310 e. The van der Waals surface area contributed by atoms with Crippen LogP contribution in [-0.2, 0) is 11.3 Å². The Morgan fingerprint density at radius 2 is 2.00 bits per heavy atom. The number of allylic oxidation sites excluding steroid dienone is 2. The molecule has 154 valence electrons. The first-order valence-corrected chi connectivity index (χ1v) is 10.2. The summed E-state index contributed by atoms with van der Waals surface area (Å²) in [6.45, 7) is 19.2. The molecule has 1 aromatic rings. The van der Waals surface area contributed by atoms with E-state index in [4.69, 9.17) is 0 Å². The number of nitrogens with one attached hydrogen (secondary N) is 1. The highest BCUT2D eigenvalue weighted by Gasteiger charge is 2.43. The Morgan fingerprint density at radius 3 is 2.54 bits per heavy atom. The van der Waals surface area contributed by atoms with Gasteiger partial charge in [0.05, 0.1) is 0 Å². The average molecular weight is 384 g/mol. The zero-order chi connectivity index (χ0) is 21.3. The Labute approximate surface area is 171 Å². The summed E-state index contributed by atoms with van der Waals surface area (Å²) in [7, 11) is 2.06. The molecular weight excluding hydrogens is 346 g/mol. The third-order valence-electron chi connectivity index (χ3n) is 5.13. The van der Waals surface area contributed by atoms with Gasteiger partial charge < -0.3 is 5.32 Å². The van der Waals surface area contributed by atoms with Crippen LogP contribution < -0.4 is 5.32 Å². The summed E-state index contributed by atoms with van der Waals surface area (Å²) < 4.78 is 0. The van der Waals surface area contributed by atoms with Gasteiger partial charge in [0.2, 0.25) is 5.91 Å². The molecule has 1 amide bonds. The van der Waals surface area contributed by atoms with Crippen LogP contribution in [0.5, 0.6) is 0 Å². The van der Waals surface area contributed by atoms with Crippen molar-refractivity contribution < 1.29 is 4.79 Å². The van der Waals surface area contributed by atoms with Crippen molar-refractivity contribution >= 4 is 11.7 Å². The van der Waals surface area contributed by atoms with Crippen molar-refractivity contribution in [3.8, 4) is 0 Å². The fraction of sp³-hybridized carbons (Fsp3) is 0.500. The van der Waals surface area contributed by atoms with Crippen molar-refractivity contribution in [2.24, 2.45) is 11.3 Å². The second-order valence-electron chi connectivity index (χ2n) is 7.80. The molecule has 1 N–H and O–H groups in total. The highest BCUT2D eigenvalue weighted by molar-refractivity contribution is 5.94. The lowest BCUT2D eigenvalue weighted by molar-refractivity contribution is -0.124. The fourth-order valence-corrected chi connectivity index (χ4v) is 3.07. The van der Waals surface area contributed by atoms with Crippen LogP contribution in [0.3, 0.4) is 0 Å². The van der Waals surface area contributed by atoms with Crippen LogP contribution in [0.25, 0.3) is 0 Å². The molecule has 1 saturated carbocycles. The monoisotopic (exact) mass is 383 g/mol. The molecule has 0 aromatic carbocycles. The predicted octanol–water partition coefficient (Wildman–Crippen LogP) is 5.52. The standard InChI is InChI=1S/C22H31N3O.C2H6/c1-7-9-17(8-2)14-25(6)15-18-12-20(23-13-16(18)3)24-21(26)22(4,5)19-10-11-19;1-2/h7-9,12-13,19H,1-2,10-11,14-15H2,3-6H3,(H,23,24,26);1-2H3/b17-9+;. The molecule has 4 nitrogen and oxygen atoms in total. The summed E-state index contributed by atoms with van der Waals surface area (Å²) in [6, 6.07) is 1.98. The lowest BCUT2D eigenvalue weighted by Gasteiger charge is -2.23. The van der Waals surface area contributed by atoms with E-state index in [1.165, 1.54) is 0 Å². The Hall–Kier alpha value is -2.20. The summed E-state index contributed by atoms with van der Waals surface area (Å²) in [5.41, 5.74) is 3.06. The number of pyridine rings is 1. The van der Waals surface area contributed by atoms with Gasteiger partial charge in [0.15, 0.2) is 0 Å². The third-order valence-corrected chi connectivity index (χ3v) is 5.13. The van der Waals surface area contributed by atoms with Crippen LogP contribution in [0.15, 0.2) is 49.2 Å². The molecule has 1 aromatic heterocycles. The molecule has 0 aliphatic heterocycles. The van der Waals surface area contributed by atoms with E-state index < -0.39 is 0 Å². The maximum Gasteiger partial charge on any atom is 0.231 e. The molecular formula is C24H37N3O. The van der Waals surface area contributed by atoms with Gasteiger partial charge in [0.1, 0.15) is 5.82 Å². The number of aromatic nitrogens is 1. The number of carbonyl (C=O) groups excluding carboxylic acids is 1. The number of likely N-dealkylation sites (N-methyl/N-ethyl adjacent to an activating group) is 1. The first-order chi connectivity index (χ1) is 13.3. The maximum atomic E-state index is 12.6. The molecule has 1 heterocycles. The van der Waals surface area contributed by atoms with E-state index in [0.717, 1.165) is 42.6 Å².